The molecule has 1 aromatic rings. The second-order valence-electron chi connectivity index (χ2n) is 4.13. The number of sulfone groups is 1. The van der Waals surface area contributed by atoms with Crippen molar-refractivity contribution in [1.82, 2.24) is 5.32 Å². The van der Waals surface area contributed by atoms with Gasteiger partial charge in [0, 0.05) is 17.8 Å². The van der Waals surface area contributed by atoms with Gasteiger partial charge >= 0.3 is 12.0 Å². The number of aromatic carboxylic acids is 1. The first-order valence-electron chi connectivity index (χ1n) is 5.55. The summed E-state index contributed by atoms with van der Waals surface area (Å²) in [6, 6.07) is 1.65. The summed E-state index contributed by atoms with van der Waals surface area (Å²) in [5, 5.41) is 13.6. The number of carbonyl (C=O) groups is 2. The van der Waals surface area contributed by atoms with Gasteiger partial charge in [0.15, 0.2) is 0 Å². The molecular weight excluding hydrogens is 343 g/mol. The van der Waals surface area contributed by atoms with Crippen molar-refractivity contribution in [2.75, 3.05) is 23.9 Å². The van der Waals surface area contributed by atoms with Crippen molar-refractivity contribution in [3.05, 3.63) is 27.7 Å². The van der Waals surface area contributed by atoms with Crippen LogP contribution in [-0.4, -0.2) is 44.1 Å². The number of nitrogens with one attached hydrogen (secondary N) is 2. The molecule has 21 heavy (non-hydrogen) atoms. The standard InChI is InChI=1S/C11H12Cl2N2O5S/c1-21(19,20)3-2-14-11(18)15-9-7(10(16)17)4-6(12)5-8(9)13/h4-5H,2-3H2,1H3,(H,16,17)(H2,14,15,18). The third-order valence-corrected chi connectivity index (χ3v) is 3.74. The van der Waals surface area contributed by atoms with Crippen LogP contribution in [0.3, 0.4) is 0 Å². The van der Waals surface area contributed by atoms with Crippen molar-refractivity contribution in [2.24, 2.45) is 0 Å². The fourth-order valence-electron chi connectivity index (χ4n) is 1.38. The Kier molecular flexibility index (Phi) is 5.82. The van der Waals surface area contributed by atoms with Crippen LogP contribution in [0.1, 0.15) is 10.4 Å². The lowest BCUT2D eigenvalue weighted by atomic mass is 10.2. The number of anilines is 1. The van der Waals surface area contributed by atoms with Gasteiger partial charge in [0.05, 0.1) is 22.0 Å². The van der Waals surface area contributed by atoms with E-state index in [1.165, 1.54) is 6.07 Å². The van der Waals surface area contributed by atoms with E-state index >= 15 is 0 Å². The molecule has 1 rings (SSSR count). The van der Waals surface area contributed by atoms with Crippen LogP contribution < -0.4 is 10.6 Å². The quantitative estimate of drug-likeness (QED) is 0.746. The summed E-state index contributed by atoms with van der Waals surface area (Å²) in [7, 11) is -3.21. The van der Waals surface area contributed by atoms with E-state index in [4.69, 9.17) is 28.3 Å². The number of hydrogen-bond acceptors (Lipinski definition) is 4. The minimum absolute atomic E-state index is 0.0434. The van der Waals surface area contributed by atoms with E-state index in [9.17, 15) is 18.0 Å². The van der Waals surface area contributed by atoms with Crippen LogP contribution in [0, 0.1) is 0 Å². The summed E-state index contributed by atoms with van der Waals surface area (Å²) in [5.41, 5.74) is -0.392. The van der Waals surface area contributed by atoms with Gasteiger partial charge in [-0.3, -0.25) is 0 Å². The Morgan fingerprint density at radius 3 is 2.43 bits per heavy atom. The number of carbonyl (C=O) groups excluding carboxylic acids is 1. The number of rotatable bonds is 5. The summed E-state index contributed by atoms with van der Waals surface area (Å²) in [6.07, 6.45) is 1.03. The fourth-order valence-corrected chi connectivity index (χ4v) is 2.39. The average molecular weight is 355 g/mol. The zero-order chi connectivity index (χ0) is 16.2. The molecule has 0 atom stereocenters. The molecule has 0 saturated carbocycles. The summed E-state index contributed by atoms with van der Waals surface area (Å²) >= 11 is 11.5. The Hall–Kier alpha value is -1.51. The predicted octanol–water partition coefficient (Wildman–Crippen LogP) is 1.86. The molecule has 0 fully saturated rings. The molecule has 0 saturated heterocycles. The summed E-state index contributed by atoms with van der Waals surface area (Å²) in [4.78, 5) is 22.7. The van der Waals surface area contributed by atoms with Crippen molar-refractivity contribution in [3.63, 3.8) is 0 Å². The number of amides is 2. The zero-order valence-electron chi connectivity index (χ0n) is 10.8. The Morgan fingerprint density at radius 2 is 1.90 bits per heavy atom. The van der Waals surface area contributed by atoms with E-state index in [0.717, 1.165) is 12.3 Å². The normalized spacial score (nSPS) is 11.0. The lowest BCUT2D eigenvalue weighted by Crippen LogP contribution is -2.33. The molecule has 0 unspecified atom stereocenters. The van der Waals surface area contributed by atoms with Crippen LogP contribution in [0.15, 0.2) is 12.1 Å². The smallest absolute Gasteiger partial charge is 0.337 e. The van der Waals surface area contributed by atoms with E-state index < -0.39 is 21.8 Å². The summed E-state index contributed by atoms with van der Waals surface area (Å²) in [5.74, 6) is -1.55. The molecule has 0 aliphatic heterocycles. The summed E-state index contributed by atoms with van der Waals surface area (Å²) < 4.78 is 21.8. The maximum atomic E-state index is 11.6. The molecule has 0 heterocycles. The first-order valence-corrected chi connectivity index (χ1v) is 8.36. The summed E-state index contributed by atoms with van der Waals surface area (Å²) in [6.45, 7) is -0.113. The Morgan fingerprint density at radius 1 is 1.29 bits per heavy atom. The Balaban J connectivity index is 2.83. The lowest BCUT2D eigenvalue weighted by molar-refractivity contribution is 0.0698. The molecule has 10 heteroatoms. The van der Waals surface area contributed by atoms with Gasteiger partial charge in [0.1, 0.15) is 9.84 Å². The van der Waals surface area contributed by atoms with Crippen LogP contribution in [0.2, 0.25) is 10.0 Å². The van der Waals surface area contributed by atoms with E-state index in [2.05, 4.69) is 10.6 Å². The fraction of sp³-hybridized carbons (Fsp3) is 0.273. The van der Waals surface area contributed by atoms with E-state index in [1.807, 2.05) is 0 Å². The highest BCUT2D eigenvalue weighted by atomic mass is 35.5. The van der Waals surface area contributed by atoms with Gasteiger partial charge < -0.3 is 15.7 Å². The first-order chi connectivity index (χ1) is 9.60. The topological polar surface area (TPSA) is 113 Å². The molecule has 0 bridgehead atoms. The maximum Gasteiger partial charge on any atom is 0.337 e. The highest BCUT2D eigenvalue weighted by Gasteiger charge is 2.17. The molecular formula is C11H12Cl2N2O5S. The molecule has 0 aromatic heterocycles. The second-order valence-corrected chi connectivity index (χ2v) is 7.23. The van der Waals surface area contributed by atoms with Crippen molar-refractivity contribution >= 4 is 50.7 Å². The van der Waals surface area contributed by atoms with Gasteiger partial charge in [-0.1, -0.05) is 23.2 Å². The van der Waals surface area contributed by atoms with E-state index in [-0.39, 0.29) is 33.6 Å². The number of carboxylic acids is 1. The number of benzene rings is 1. The monoisotopic (exact) mass is 354 g/mol. The predicted molar refractivity (Wildman–Crippen MR) is 80.2 cm³/mol. The number of halogens is 2. The highest BCUT2D eigenvalue weighted by molar-refractivity contribution is 7.90. The minimum Gasteiger partial charge on any atom is -0.478 e. The first kappa shape index (κ1) is 17.5. The Bertz CT molecular complexity index is 675. The van der Waals surface area contributed by atoms with Gasteiger partial charge in [0.25, 0.3) is 0 Å². The molecule has 7 nitrogen and oxygen atoms in total. The molecule has 0 radical (unpaired) electrons. The molecule has 116 valence electrons. The Labute approximate surface area is 131 Å². The van der Waals surface area contributed by atoms with Crippen LogP contribution in [-0.2, 0) is 9.84 Å². The van der Waals surface area contributed by atoms with Crippen LogP contribution in [0.5, 0.6) is 0 Å². The second kappa shape index (κ2) is 6.97. The van der Waals surface area contributed by atoms with Crippen molar-refractivity contribution < 1.29 is 23.1 Å². The third-order valence-electron chi connectivity index (χ3n) is 2.28. The molecule has 1 aromatic carbocycles. The molecule has 3 N–H and O–H groups in total. The number of urea groups is 1. The van der Waals surface area contributed by atoms with Gasteiger partial charge in [-0.15, -0.1) is 0 Å². The van der Waals surface area contributed by atoms with Gasteiger partial charge in [-0.2, -0.15) is 0 Å². The number of hydrogen-bond donors (Lipinski definition) is 3. The van der Waals surface area contributed by atoms with E-state index in [0.29, 0.717) is 0 Å². The zero-order valence-corrected chi connectivity index (χ0v) is 13.1. The van der Waals surface area contributed by atoms with Gasteiger partial charge in [0.2, 0.25) is 0 Å². The minimum atomic E-state index is -3.21. The van der Waals surface area contributed by atoms with Crippen LogP contribution in [0.4, 0.5) is 10.5 Å². The molecule has 0 spiro atoms. The average Bonchev–Trinajstić information content (AvgIpc) is 2.30. The molecule has 2 amide bonds. The van der Waals surface area contributed by atoms with Crippen LogP contribution in [0.25, 0.3) is 0 Å². The lowest BCUT2D eigenvalue weighted by Gasteiger charge is -2.12. The SMILES string of the molecule is CS(=O)(=O)CCNC(=O)Nc1c(Cl)cc(Cl)cc1C(=O)O. The van der Waals surface area contributed by atoms with Crippen molar-refractivity contribution in [2.45, 2.75) is 0 Å². The van der Waals surface area contributed by atoms with Crippen molar-refractivity contribution in [1.29, 1.82) is 0 Å². The number of carboxylic acid groups (broad SMARTS) is 1. The van der Waals surface area contributed by atoms with Gasteiger partial charge in [-0.05, 0) is 12.1 Å². The third kappa shape index (κ3) is 5.78. The van der Waals surface area contributed by atoms with Gasteiger partial charge in [-0.25, -0.2) is 18.0 Å². The largest absolute Gasteiger partial charge is 0.478 e. The maximum absolute atomic E-state index is 11.6. The molecule has 0 aliphatic carbocycles. The van der Waals surface area contributed by atoms with E-state index in [1.54, 1.807) is 0 Å². The molecule has 0 aliphatic rings. The van der Waals surface area contributed by atoms with Crippen LogP contribution >= 0.6 is 23.2 Å². The van der Waals surface area contributed by atoms with Crippen molar-refractivity contribution in [3.8, 4) is 0 Å². The highest BCUT2D eigenvalue weighted by Crippen LogP contribution is 2.30.